The van der Waals surface area contributed by atoms with E-state index in [-0.39, 0.29) is 17.9 Å². The molecule has 8 nitrogen and oxygen atoms in total. The van der Waals surface area contributed by atoms with Gasteiger partial charge < -0.3 is 14.2 Å². The quantitative estimate of drug-likeness (QED) is 0.461. The monoisotopic (exact) mass is 488 g/mol. The lowest BCUT2D eigenvalue weighted by atomic mass is 10.1. The second-order valence-corrected chi connectivity index (χ2v) is 8.55. The molecule has 3 aromatic carbocycles. The molecule has 1 aliphatic rings. The van der Waals surface area contributed by atoms with Crippen molar-refractivity contribution in [3.63, 3.8) is 0 Å². The first-order chi connectivity index (χ1) is 17.3. The predicted molar refractivity (Wildman–Crippen MR) is 136 cm³/mol. The number of hydrogen-bond acceptors (Lipinski definition) is 6. The lowest BCUT2D eigenvalue weighted by molar-refractivity contribution is -0.121. The highest BCUT2D eigenvalue weighted by molar-refractivity contribution is 6.26. The molecule has 1 atom stereocenters. The van der Waals surface area contributed by atoms with E-state index in [0.717, 1.165) is 16.0 Å². The standard InChI is InChI=1S/C28H28N2O6/c1-17-6-10-20(11-7-17)29(27(32)19-14-23(34-3)26(36-5)24(15-19)35-4)22-16-25(31)30(28(22)33)21-12-8-18(2)9-13-21/h6-15,22H,16H2,1-5H3/t22-/m1/s1. The molecule has 0 radical (unpaired) electrons. The van der Waals surface area contributed by atoms with Crippen LogP contribution in [0.15, 0.2) is 60.7 Å². The normalized spacial score (nSPS) is 15.1. The molecular formula is C28H28N2O6. The van der Waals surface area contributed by atoms with Crippen molar-refractivity contribution in [3.8, 4) is 17.2 Å². The van der Waals surface area contributed by atoms with Crippen molar-refractivity contribution in [1.82, 2.24) is 0 Å². The topological polar surface area (TPSA) is 85.4 Å². The van der Waals surface area contributed by atoms with Crippen LogP contribution in [0.25, 0.3) is 0 Å². The molecule has 0 unspecified atom stereocenters. The molecule has 0 bridgehead atoms. The Morgan fingerprint density at radius 3 is 1.86 bits per heavy atom. The highest BCUT2D eigenvalue weighted by atomic mass is 16.5. The van der Waals surface area contributed by atoms with Crippen LogP contribution in [0.2, 0.25) is 0 Å². The number of amides is 3. The fourth-order valence-corrected chi connectivity index (χ4v) is 4.27. The number of hydrogen-bond donors (Lipinski definition) is 0. The smallest absolute Gasteiger partial charge is 0.259 e. The molecule has 1 heterocycles. The minimum atomic E-state index is -1.02. The van der Waals surface area contributed by atoms with Gasteiger partial charge in [0.1, 0.15) is 6.04 Å². The van der Waals surface area contributed by atoms with Gasteiger partial charge in [0.2, 0.25) is 11.7 Å². The summed E-state index contributed by atoms with van der Waals surface area (Å²) in [6.45, 7) is 3.86. The van der Waals surface area contributed by atoms with E-state index in [1.54, 1.807) is 24.3 Å². The first kappa shape index (κ1) is 24.8. The summed E-state index contributed by atoms with van der Waals surface area (Å²) < 4.78 is 16.2. The van der Waals surface area contributed by atoms with E-state index >= 15 is 0 Å². The number of carbonyl (C=O) groups is 3. The summed E-state index contributed by atoms with van der Waals surface area (Å²) in [5.41, 5.74) is 3.19. The Balaban J connectivity index is 1.80. The molecule has 36 heavy (non-hydrogen) atoms. The van der Waals surface area contributed by atoms with Gasteiger partial charge in [-0.25, -0.2) is 4.90 Å². The van der Waals surface area contributed by atoms with Crippen LogP contribution in [0, 0.1) is 13.8 Å². The molecule has 0 aliphatic carbocycles. The third kappa shape index (κ3) is 4.49. The second-order valence-electron chi connectivity index (χ2n) is 8.55. The Morgan fingerprint density at radius 1 is 0.833 bits per heavy atom. The van der Waals surface area contributed by atoms with Gasteiger partial charge in [-0.05, 0) is 50.2 Å². The Bertz CT molecular complexity index is 1280. The van der Waals surface area contributed by atoms with Gasteiger partial charge in [0.05, 0.1) is 33.4 Å². The number of ether oxygens (including phenoxy) is 3. The maximum Gasteiger partial charge on any atom is 0.259 e. The molecule has 0 N–H and O–H groups in total. The van der Waals surface area contributed by atoms with Gasteiger partial charge in [-0.3, -0.25) is 19.3 Å². The molecule has 8 heteroatoms. The van der Waals surface area contributed by atoms with Crippen molar-refractivity contribution in [3.05, 3.63) is 77.4 Å². The van der Waals surface area contributed by atoms with Crippen LogP contribution in [-0.2, 0) is 9.59 Å². The van der Waals surface area contributed by atoms with Gasteiger partial charge in [0.15, 0.2) is 11.5 Å². The number of carbonyl (C=O) groups excluding carboxylic acids is 3. The first-order valence-electron chi connectivity index (χ1n) is 11.4. The molecule has 0 saturated carbocycles. The van der Waals surface area contributed by atoms with Gasteiger partial charge in [0, 0.05) is 11.3 Å². The third-order valence-corrected chi connectivity index (χ3v) is 6.17. The molecule has 1 aliphatic heterocycles. The zero-order valence-electron chi connectivity index (χ0n) is 20.9. The fourth-order valence-electron chi connectivity index (χ4n) is 4.27. The van der Waals surface area contributed by atoms with Crippen molar-refractivity contribution in [1.29, 1.82) is 0 Å². The Labute approximate surface area is 210 Å². The highest BCUT2D eigenvalue weighted by Crippen LogP contribution is 2.39. The van der Waals surface area contributed by atoms with Crippen molar-refractivity contribution in [2.45, 2.75) is 26.3 Å². The van der Waals surface area contributed by atoms with E-state index in [4.69, 9.17) is 14.2 Å². The van der Waals surface area contributed by atoms with E-state index < -0.39 is 17.9 Å². The van der Waals surface area contributed by atoms with Crippen LogP contribution < -0.4 is 24.0 Å². The zero-order valence-corrected chi connectivity index (χ0v) is 20.9. The van der Waals surface area contributed by atoms with Crippen LogP contribution >= 0.6 is 0 Å². The summed E-state index contributed by atoms with van der Waals surface area (Å²) in [5.74, 6) is -0.363. The zero-order chi connectivity index (χ0) is 26.0. The largest absolute Gasteiger partial charge is 0.493 e. The van der Waals surface area contributed by atoms with Gasteiger partial charge in [-0.2, -0.15) is 0 Å². The van der Waals surface area contributed by atoms with Crippen molar-refractivity contribution in [2.24, 2.45) is 0 Å². The Morgan fingerprint density at radius 2 is 1.36 bits per heavy atom. The van der Waals surface area contributed by atoms with E-state index in [9.17, 15) is 14.4 Å². The maximum absolute atomic E-state index is 14.0. The van der Waals surface area contributed by atoms with Crippen LogP contribution in [0.3, 0.4) is 0 Å². The number of methoxy groups -OCH3 is 3. The number of imide groups is 1. The molecule has 0 aromatic heterocycles. The average molecular weight is 489 g/mol. The molecule has 186 valence electrons. The summed E-state index contributed by atoms with van der Waals surface area (Å²) in [5, 5.41) is 0. The summed E-state index contributed by atoms with van der Waals surface area (Å²) >= 11 is 0. The summed E-state index contributed by atoms with van der Waals surface area (Å²) in [6.07, 6.45) is -0.142. The van der Waals surface area contributed by atoms with Crippen molar-refractivity contribution in [2.75, 3.05) is 31.1 Å². The number of aryl methyl sites for hydroxylation is 2. The Kier molecular flexibility index (Phi) is 6.96. The van der Waals surface area contributed by atoms with E-state index in [1.807, 2.05) is 38.1 Å². The van der Waals surface area contributed by atoms with E-state index in [1.165, 1.54) is 38.4 Å². The van der Waals surface area contributed by atoms with Gasteiger partial charge in [-0.1, -0.05) is 35.4 Å². The number of benzene rings is 3. The lowest BCUT2D eigenvalue weighted by Crippen LogP contribution is -2.46. The van der Waals surface area contributed by atoms with Crippen LogP contribution in [0.4, 0.5) is 11.4 Å². The van der Waals surface area contributed by atoms with Crippen LogP contribution in [-0.4, -0.2) is 45.1 Å². The number of rotatable bonds is 7. The molecule has 4 rings (SSSR count). The molecule has 0 spiro atoms. The minimum Gasteiger partial charge on any atom is -0.493 e. The van der Waals surface area contributed by atoms with Crippen LogP contribution in [0.5, 0.6) is 17.2 Å². The van der Waals surface area contributed by atoms with E-state index in [0.29, 0.717) is 28.6 Å². The summed E-state index contributed by atoms with van der Waals surface area (Å²) in [4.78, 5) is 43.1. The Hall–Kier alpha value is -4.33. The summed E-state index contributed by atoms with van der Waals surface area (Å²) in [7, 11) is 4.40. The van der Waals surface area contributed by atoms with Gasteiger partial charge >= 0.3 is 0 Å². The van der Waals surface area contributed by atoms with Gasteiger partial charge in [0.25, 0.3) is 11.8 Å². The second kappa shape index (κ2) is 10.1. The van der Waals surface area contributed by atoms with E-state index in [2.05, 4.69) is 0 Å². The first-order valence-corrected chi connectivity index (χ1v) is 11.4. The lowest BCUT2D eigenvalue weighted by Gasteiger charge is -2.28. The molecule has 3 aromatic rings. The molecule has 1 saturated heterocycles. The highest BCUT2D eigenvalue weighted by Gasteiger charge is 2.45. The molecule has 1 fully saturated rings. The minimum absolute atomic E-state index is 0.142. The predicted octanol–water partition coefficient (Wildman–Crippen LogP) is 4.31. The van der Waals surface area contributed by atoms with Crippen molar-refractivity contribution >= 4 is 29.1 Å². The summed E-state index contributed by atoms with van der Waals surface area (Å²) in [6, 6.07) is 16.4. The maximum atomic E-state index is 14.0. The number of nitrogens with zero attached hydrogens (tertiary/aromatic N) is 2. The van der Waals surface area contributed by atoms with Gasteiger partial charge in [-0.15, -0.1) is 0 Å². The van der Waals surface area contributed by atoms with Crippen LogP contribution in [0.1, 0.15) is 27.9 Å². The number of anilines is 2. The average Bonchev–Trinajstić information content (AvgIpc) is 3.17. The van der Waals surface area contributed by atoms with Crippen molar-refractivity contribution < 1.29 is 28.6 Å². The molecular weight excluding hydrogens is 460 g/mol. The molecule has 3 amide bonds. The third-order valence-electron chi connectivity index (χ3n) is 6.17. The fraction of sp³-hybridized carbons (Fsp3) is 0.250. The SMILES string of the molecule is COc1cc(C(=O)N(c2ccc(C)cc2)[C@@H]2CC(=O)N(c3ccc(C)cc3)C2=O)cc(OC)c1OC.